The number of anilines is 1. The third-order valence-corrected chi connectivity index (χ3v) is 6.76. The summed E-state index contributed by atoms with van der Waals surface area (Å²) in [6, 6.07) is 8.06. The molecule has 0 spiro atoms. The van der Waals surface area contributed by atoms with Gasteiger partial charge in [-0.2, -0.15) is 0 Å². The first-order chi connectivity index (χ1) is 12.9. The molecule has 0 radical (unpaired) electrons. The highest BCUT2D eigenvalue weighted by atomic mass is 35.5. The van der Waals surface area contributed by atoms with Crippen molar-refractivity contribution in [3.05, 3.63) is 52.1 Å². The molecule has 1 saturated heterocycles. The van der Waals surface area contributed by atoms with Crippen LogP contribution in [0.4, 0.5) is 5.82 Å². The van der Waals surface area contributed by atoms with Gasteiger partial charge in [-0.1, -0.05) is 36.2 Å². The van der Waals surface area contributed by atoms with Crippen LogP contribution in [-0.2, 0) is 16.6 Å². The molecule has 1 aromatic carbocycles. The second kappa shape index (κ2) is 8.75. The normalized spacial score (nSPS) is 15.9. The molecule has 1 aromatic heterocycles. The summed E-state index contributed by atoms with van der Waals surface area (Å²) in [4.78, 5) is 9.22. The summed E-state index contributed by atoms with van der Waals surface area (Å²) in [6.45, 7) is 7.35. The maximum atomic E-state index is 12.4. The fourth-order valence-electron chi connectivity index (χ4n) is 2.91. The molecule has 27 heavy (non-hydrogen) atoms. The molecule has 1 N–H and O–H groups in total. The van der Waals surface area contributed by atoms with Crippen LogP contribution >= 0.6 is 23.2 Å². The number of hydrogen-bond donors (Lipinski definition) is 1. The van der Waals surface area contributed by atoms with E-state index < -0.39 is 10.0 Å². The number of nitrogens with zero attached hydrogens (tertiary/aromatic N) is 3. The Morgan fingerprint density at radius 3 is 2.41 bits per heavy atom. The molecule has 9 heteroatoms. The summed E-state index contributed by atoms with van der Waals surface area (Å²) in [6.07, 6.45) is 1.71. The second-order valence-corrected chi connectivity index (χ2v) is 8.93. The van der Waals surface area contributed by atoms with Gasteiger partial charge in [-0.15, -0.1) is 0 Å². The second-order valence-electron chi connectivity index (χ2n) is 6.35. The van der Waals surface area contributed by atoms with Crippen molar-refractivity contribution in [1.82, 2.24) is 14.6 Å². The zero-order chi connectivity index (χ0) is 19.4. The van der Waals surface area contributed by atoms with Gasteiger partial charge in [0.05, 0.1) is 14.9 Å². The number of pyridine rings is 1. The van der Waals surface area contributed by atoms with E-state index in [2.05, 4.69) is 26.4 Å². The molecule has 0 aliphatic carbocycles. The van der Waals surface area contributed by atoms with Gasteiger partial charge in [0.1, 0.15) is 5.82 Å². The molecule has 2 heterocycles. The van der Waals surface area contributed by atoms with Gasteiger partial charge in [0.15, 0.2) is 0 Å². The van der Waals surface area contributed by atoms with Crippen molar-refractivity contribution in [3.63, 3.8) is 0 Å². The van der Waals surface area contributed by atoms with E-state index >= 15 is 0 Å². The minimum Gasteiger partial charge on any atom is -0.354 e. The summed E-state index contributed by atoms with van der Waals surface area (Å²) in [7, 11) is -3.67. The maximum Gasteiger partial charge on any atom is 0.240 e. The van der Waals surface area contributed by atoms with E-state index in [-0.39, 0.29) is 16.5 Å². The lowest BCUT2D eigenvalue weighted by Crippen LogP contribution is -2.46. The molecule has 1 aliphatic heterocycles. The Kier molecular flexibility index (Phi) is 6.60. The molecule has 0 bridgehead atoms. The minimum atomic E-state index is -3.67. The lowest BCUT2D eigenvalue weighted by atomic mass is 10.2. The van der Waals surface area contributed by atoms with Crippen molar-refractivity contribution < 1.29 is 8.42 Å². The molecule has 0 atom stereocenters. The number of nitrogens with one attached hydrogen (secondary N) is 1. The first-order valence-electron chi connectivity index (χ1n) is 8.76. The van der Waals surface area contributed by atoms with Crippen LogP contribution < -0.4 is 9.62 Å². The quantitative estimate of drug-likeness (QED) is 0.765. The third-order valence-electron chi connectivity index (χ3n) is 4.62. The average Bonchev–Trinajstić information content (AvgIpc) is 2.69. The van der Waals surface area contributed by atoms with E-state index in [0.29, 0.717) is 5.02 Å². The molecule has 3 rings (SSSR count). The van der Waals surface area contributed by atoms with Crippen LogP contribution in [-0.4, -0.2) is 51.0 Å². The van der Waals surface area contributed by atoms with Crippen LogP contribution in [0.15, 0.2) is 41.4 Å². The molecule has 146 valence electrons. The largest absolute Gasteiger partial charge is 0.354 e. The summed E-state index contributed by atoms with van der Waals surface area (Å²) in [5, 5.41) is 0.518. The zero-order valence-corrected chi connectivity index (χ0v) is 17.4. The highest BCUT2D eigenvalue weighted by Gasteiger charge is 2.18. The van der Waals surface area contributed by atoms with Crippen molar-refractivity contribution in [2.24, 2.45) is 0 Å². The van der Waals surface area contributed by atoms with Crippen LogP contribution in [0.3, 0.4) is 0 Å². The van der Waals surface area contributed by atoms with Gasteiger partial charge >= 0.3 is 0 Å². The highest BCUT2D eigenvalue weighted by molar-refractivity contribution is 7.89. The van der Waals surface area contributed by atoms with Crippen LogP contribution in [0.5, 0.6) is 0 Å². The highest BCUT2D eigenvalue weighted by Crippen LogP contribution is 2.24. The number of aromatic nitrogens is 1. The maximum absolute atomic E-state index is 12.4. The third kappa shape index (κ3) is 5.12. The van der Waals surface area contributed by atoms with Crippen molar-refractivity contribution in [1.29, 1.82) is 0 Å². The van der Waals surface area contributed by atoms with Crippen molar-refractivity contribution >= 4 is 39.0 Å². The topological polar surface area (TPSA) is 65.5 Å². The lowest BCUT2D eigenvalue weighted by Gasteiger charge is -2.34. The molecule has 0 saturated carbocycles. The number of piperazine rings is 1. The van der Waals surface area contributed by atoms with E-state index in [1.54, 1.807) is 6.20 Å². The fraction of sp³-hybridized carbons (Fsp3) is 0.389. The average molecular weight is 429 g/mol. The number of benzene rings is 1. The van der Waals surface area contributed by atoms with E-state index in [1.165, 1.54) is 18.2 Å². The Labute approximate surface area is 170 Å². The molecule has 1 fully saturated rings. The van der Waals surface area contributed by atoms with Gasteiger partial charge < -0.3 is 9.80 Å². The number of rotatable bonds is 6. The predicted molar refractivity (Wildman–Crippen MR) is 109 cm³/mol. The Balaban J connectivity index is 1.60. The first-order valence-corrected chi connectivity index (χ1v) is 11.0. The molecule has 1 aliphatic rings. The monoisotopic (exact) mass is 428 g/mol. The summed E-state index contributed by atoms with van der Waals surface area (Å²) in [5.74, 6) is 0.918. The van der Waals surface area contributed by atoms with Gasteiger partial charge in [0.25, 0.3) is 0 Å². The van der Waals surface area contributed by atoms with Gasteiger partial charge in [-0.05, 0) is 36.4 Å². The molecule has 2 aromatic rings. The van der Waals surface area contributed by atoms with E-state index in [9.17, 15) is 8.42 Å². The lowest BCUT2D eigenvalue weighted by molar-refractivity contribution is 0.270. The van der Waals surface area contributed by atoms with Crippen molar-refractivity contribution in [3.8, 4) is 0 Å². The number of hydrogen-bond acceptors (Lipinski definition) is 5. The van der Waals surface area contributed by atoms with Crippen molar-refractivity contribution in [2.75, 3.05) is 37.6 Å². The minimum absolute atomic E-state index is 0.0790. The number of halogens is 2. The van der Waals surface area contributed by atoms with E-state index in [0.717, 1.165) is 44.1 Å². The van der Waals surface area contributed by atoms with Crippen LogP contribution in [0, 0.1) is 0 Å². The predicted octanol–water partition coefficient (Wildman–Crippen LogP) is 3.01. The summed E-state index contributed by atoms with van der Waals surface area (Å²) < 4.78 is 27.4. The van der Waals surface area contributed by atoms with Gasteiger partial charge in [-0.3, -0.25) is 0 Å². The zero-order valence-electron chi connectivity index (χ0n) is 15.0. The number of sulfonamides is 1. The molecular formula is C18H22Cl2N4O2S. The first kappa shape index (κ1) is 20.4. The Hall–Kier alpha value is -1.38. The molecule has 0 amide bonds. The summed E-state index contributed by atoms with van der Waals surface area (Å²) >= 11 is 11.7. The van der Waals surface area contributed by atoms with Gasteiger partial charge in [0, 0.05) is 38.9 Å². The Bertz CT molecular complexity index is 883. The van der Waals surface area contributed by atoms with E-state index in [1.807, 2.05) is 12.1 Å². The standard InChI is InChI=1S/C18H22Cl2N4O2S/c1-2-23-7-9-24(10-8-23)18-6-3-14(12-21-18)13-22-27(25,26)15-4-5-16(19)17(20)11-15/h3-6,11-12,22H,2,7-10,13H2,1H3. The van der Waals surface area contributed by atoms with Gasteiger partial charge in [0.2, 0.25) is 10.0 Å². The molecule has 6 nitrogen and oxygen atoms in total. The Morgan fingerprint density at radius 1 is 1.07 bits per heavy atom. The van der Waals surface area contributed by atoms with Gasteiger partial charge in [-0.25, -0.2) is 18.1 Å². The summed E-state index contributed by atoms with van der Waals surface area (Å²) in [5.41, 5.74) is 0.787. The fourth-order valence-corrected chi connectivity index (χ4v) is 4.31. The van der Waals surface area contributed by atoms with Crippen LogP contribution in [0.1, 0.15) is 12.5 Å². The van der Waals surface area contributed by atoms with Crippen molar-refractivity contribution in [2.45, 2.75) is 18.4 Å². The molecule has 0 unspecified atom stereocenters. The SMILES string of the molecule is CCN1CCN(c2ccc(CNS(=O)(=O)c3ccc(Cl)c(Cl)c3)cn2)CC1. The van der Waals surface area contributed by atoms with Crippen LogP contribution in [0.25, 0.3) is 0 Å². The van der Waals surface area contributed by atoms with Crippen LogP contribution in [0.2, 0.25) is 10.0 Å². The van der Waals surface area contributed by atoms with E-state index in [4.69, 9.17) is 23.2 Å². The number of likely N-dealkylation sites (N-methyl/N-ethyl adjacent to an activating group) is 1. The molecular weight excluding hydrogens is 407 g/mol. The smallest absolute Gasteiger partial charge is 0.240 e. The Morgan fingerprint density at radius 2 is 1.81 bits per heavy atom.